The molecule has 4 aromatic carbocycles. The Bertz CT molecular complexity index is 1900. The number of nitrogens with zero attached hydrogens (tertiary/aromatic N) is 2. The van der Waals surface area contributed by atoms with E-state index >= 15 is 0 Å². The molecule has 9 heteroatoms. The molecular formula is C40H30F4N2O2Ti. The van der Waals surface area contributed by atoms with E-state index in [4.69, 9.17) is 8.83 Å². The molecule has 0 N–H and O–H groups in total. The first-order valence-corrected chi connectivity index (χ1v) is 14.9. The molecule has 0 aliphatic heterocycles. The summed E-state index contributed by atoms with van der Waals surface area (Å²) in [6.45, 7) is 3.68. The largest absolute Gasteiger partial charge is 4.00 e. The van der Waals surface area contributed by atoms with Crippen LogP contribution in [0.3, 0.4) is 0 Å². The van der Waals surface area contributed by atoms with Crippen LogP contribution in [0.1, 0.15) is 11.4 Å². The van der Waals surface area contributed by atoms with Gasteiger partial charge in [0.05, 0.1) is 23.9 Å². The molecule has 8 rings (SSSR count). The normalized spacial score (nSPS) is 10.1. The maximum Gasteiger partial charge on any atom is 4.00 e. The Morgan fingerprint density at radius 2 is 0.898 bits per heavy atom. The van der Waals surface area contributed by atoms with E-state index in [0.29, 0.717) is 22.9 Å². The van der Waals surface area contributed by atoms with Gasteiger partial charge in [0, 0.05) is 34.7 Å². The minimum Gasteiger partial charge on any atom is -0.463 e. The van der Waals surface area contributed by atoms with Gasteiger partial charge in [-0.15, -0.1) is 36.4 Å². The number of aromatic nitrogens is 2. The third-order valence-electron chi connectivity index (χ3n) is 6.98. The second-order valence-electron chi connectivity index (χ2n) is 10.3. The number of benzene rings is 2. The predicted molar refractivity (Wildman–Crippen MR) is 178 cm³/mol. The molecule has 0 aliphatic rings. The molecule has 0 bridgehead atoms. The number of halogens is 4. The molecule has 4 heterocycles. The molecule has 4 aromatic heterocycles. The number of hydrogen-bond acceptors (Lipinski definition) is 2. The van der Waals surface area contributed by atoms with Crippen molar-refractivity contribution in [2.75, 3.05) is 0 Å². The van der Waals surface area contributed by atoms with E-state index in [1.807, 2.05) is 111 Å². The molecule has 0 radical (unpaired) electrons. The van der Waals surface area contributed by atoms with E-state index in [9.17, 15) is 17.6 Å². The van der Waals surface area contributed by atoms with Gasteiger partial charge in [0.1, 0.15) is 11.5 Å². The molecule has 0 fully saturated rings. The quantitative estimate of drug-likeness (QED) is 0.104. The molecular weight excluding hydrogens is 664 g/mol. The van der Waals surface area contributed by atoms with Gasteiger partial charge < -0.3 is 18.0 Å². The van der Waals surface area contributed by atoms with Gasteiger partial charge in [0.2, 0.25) is 0 Å². The van der Waals surface area contributed by atoms with Crippen LogP contribution in [0.4, 0.5) is 17.6 Å². The third kappa shape index (κ3) is 9.41. The number of rotatable bonds is 4. The monoisotopic (exact) mass is 694 g/mol. The van der Waals surface area contributed by atoms with Crippen molar-refractivity contribution in [3.8, 4) is 34.3 Å². The van der Waals surface area contributed by atoms with E-state index in [1.54, 1.807) is 45.9 Å². The summed E-state index contributed by atoms with van der Waals surface area (Å²) >= 11 is 0. The SMILES string of the molecule is Cc1ccc(-c2ccco2)n1-c1ccc(F)[c-]c1F.Cc1ccc(-c2ccco2)n1-c1ccc(F)[c-]c1F.[Ti+4].c1cc[cH-]c1.c1cc[cH-]c1. The predicted octanol–water partition coefficient (Wildman–Crippen LogP) is 11.1. The van der Waals surface area contributed by atoms with E-state index in [1.165, 1.54) is 24.3 Å². The smallest absolute Gasteiger partial charge is 0.463 e. The molecule has 8 aromatic rings. The first kappa shape index (κ1) is 36.5. The Hall–Kier alpha value is -5.31. The second-order valence-corrected chi connectivity index (χ2v) is 10.3. The van der Waals surface area contributed by atoms with Crippen molar-refractivity contribution in [2.45, 2.75) is 13.8 Å². The van der Waals surface area contributed by atoms with Crippen molar-refractivity contribution in [1.82, 2.24) is 9.13 Å². The average Bonchev–Trinajstić information content (AvgIpc) is 3.91. The Kier molecular flexibility index (Phi) is 13.2. The van der Waals surface area contributed by atoms with Crippen LogP contribution in [0.2, 0.25) is 0 Å². The maximum atomic E-state index is 13.9. The number of furan rings is 2. The van der Waals surface area contributed by atoms with Gasteiger partial charge in [0.25, 0.3) is 0 Å². The summed E-state index contributed by atoms with van der Waals surface area (Å²) in [5.41, 5.74) is 3.56. The van der Waals surface area contributed by atoms with Crippen molar-refractivity contribution >= 4 is 0 Å². The first-order chi connectivity index (χ1) is 23.3. The summed E-state index contributed by atoms with van der Waals surface area (Å²) < 4.78 is 67.6. The standard InChI is InChI=1S/2C15H10F2NO.2C5H5.Ti/c2*1-10-4-6-14(15-3-2-8-19-15)18(10)13-7-5-11(16)9-12(13)17;2*1-2-4-5-3-1;/h2*2-8H,1H3;2*1-5H;/q4*-1;+4. The van der Waals surface area contributed by atoms with Crippen LogP contribution in [-0.4, -0.2) is 9.13 Å². The molecule has 0 amide bonds. The van der Waals surface area contributed by atoms with Crippen LogP contribution in [0.25, 0.3) is 34.3 Å². The van der Waals surface area contributed by atoms with Gasteiger partial charge in [-0.25, -0.2) is 41.8 Å². The Balaban J connectivity index is 0.000000169. The van der Waals surface area contributed by atoms with Crippen molar-refractivity contribution in [1.29, 1.82) is 0 Å². The second kappa shape index (κ2) is 17.7. The molecule has 0 aliphatic carbocycles. The zero-order valence-electron chi connectivity index (χ0n) is 26.6. The minimum atomic E-state index is -0.730. The minimum absolute atomic E-state index is 0. The van der Waals surface area contributed by atoms with E-state index in [2.05, 4.69) is 0 Å². The molecule has 0 spiro atoms. The summed E-state index contributed by atoms with van der Waals surface area (Å²) in [5, 5.41) is 0. The fourth-order valence-corrected chi connectivity index (χ4v) is 4.81. The van der Waals surface area contributed by atoms with E-state index in [-0.39, 0.29) is 33.1 Å². The summed E-state index contributed by atoms with van der Waals surface area (Å²) in [5.74, 6) is -1.65. The van der Waals surface area contributed by atoms with Gasteiger partial charge in [-0.3, -0.25) is 0 Å². The number of hydrogen-bond donors (Lipinski definition) is 0. The molecule has 0 unspecified atom stereocenters. The van der Waals surface area contributed by atoms with E-state index in [0.717, 1.165) is 11.4 Å². The van der Waals surface area contributed by atoms with Crippen molar-refractivity contribution in [3.63, 3.8) is 0 Å². The Morgan fingerprint density at radius 1 is 0.510 bits per heavy atom. The van der Waals surface area contributed by atoms with Gasteiger partial charge in [-0.2, -0.15) is 36.4 Å². The van der Waals surface area contributed by atoms with Crippen LogP contribution < -0.4 is 0 Å². The zero-order valence-corrected chi connectivity index (χ0v) is 28.1. The molecule has 0 saturated heterocycles. The van der Waals surface area contributed by atoms with Gasteiger partial charge >= 0.3 is 21.7 Å². The molecule has 244 valence electrons. The zero-order chi connectivity index (χ0) is 33.9. The summed E-state index contributed by atoms with van der Waals surface area (Å²) in [4.78, 5) is 0. The van der Waals surface area contributed by atoms with Crippen LogP contribution in [0, 0.1) is 49.2 Å². The van der Waals surface area contributed by atoms with Crippen LogP contribution in [-0.2, 0) is 21.7 Å². The first-order valence-electron chi connectivity index (χ1n) is 14.9. The van der Waals surface area contributed by atoms with Crippen molar-refractivity contribution in [3.05, 3.63) is 193 Å². The van der Waals surface area contributed by atoms with Crippen LogP contribution in [0.5, 0.6) is 0 Å². The Morgan fingerprint density at radius 3 is 1.18 bits per heavy atom. The van der Waals surface area contributed by atoms with Crippen LogP contribution in [0.15, 0.2) is 155 Å². The fraction of sp³-hybridized carbons (Fsp3) is 0.0500. The Labute approximate surface area is 297 Å². The summed E-state index contributed by atoms with van der Waals surface area (Å²) in [6, 6.07) is 43.7. The molecule has 49 heavy (non-hydrogen) atoms. The van der Waals surface area contributed by atoms with Crippen LogP contribution >= 0.6 is 0 Å². The number of aryl methyl sites for hydroxylation is 2. The van der Waals surface area contributed by atoms with E-state index < -0.39 is 23.3 Å². The summed E-state index contributed by atoms with van der Waals surface area (Å²) in [6.07, 6.45) is 3.10. The topological polar surface area (TPSA) is 36.1 Å². The molecule has 0 saturated carbocycles. The average molecular weight is 695 g/mol. The van der Waals surface area contributed by atoms with Gasteiger partial charge in [0.15, 0.2) is 0 Å². The fourth-order valence-electron chi connectivity index (χ4n) is 4.81. The van der Waals surface area contributed by atoms with Gasteiger partial charge in [-0.05, 0) is 73.8 Å². The maximum absolute atomic E-state index is 13.9. The van der Waals surface area contributed by atoms with Crippen molar-refractivity contribution in [2.24, 2.45) is 0 Å². The molecule has 0 atom stereocenters. The van der Waals surface area contributed by atoms with Crippen molar-refractivity contribution < 1.29 is 48.1 Å². The summed E-state index contributed by atoms with van der Waals surface area (Å²) in [7, 11) is 0. The molecule has 4 nitrogen and oxygen atoms in total. The third-order valence-corrected chi connectivity index (χ3v) is 6.98. The van der Waals surface area contributed by atoms with Gasteiger partial charge in [-0.1, -0.05) is 0 Å².